The van der Waals surface area contributed by atoms with E-state index in [1.807, 2.05) is 13.8 Å². The lowest BCUT2D eigenvalue weighted by molar-refractivity contribution is 0.0458. The van der Waals surface area contributed by atoms with Crippen molar-refractivity contribution in [3.05, 3.63) is 29.8 Å². The van der Waals surface area contributed by atoms with Crippen molar-refractivity contribution in [3.8, 4) is 0 Å². The largest absolute Gasteiger partial charge is 0.462 e. The maximum atomic E-state index is 12.4. The molecule has 0 saturated carbocycles. The Balaban J connectivity index is 2.57. The van der Waals surface area contributed by atoms with Gasteiger partial charge in [0.05, 0.1) is 12.2 Å². The fraction of sp³-hybridized carbons (Fsp3) is 0.400. The van der Waals surface area contributed by atoms with Gasteiger partial charge in [-0.05, 0) is 18.1 Å². The third-order valence-corrected chi connectivity index (χ3v) is 1.51. The molecule has 0 fully saturated rings. The van der Waals surface area contributed by atoms with Crippen LogP contribution in [0.2, 0.25) is 0 Å². The van der Waals surface area contributed by atoms with E-state index in [0.29, 0.717) is 6.61 Å². The molecule has 0 bridgehead atoms. The third kappa shape index (κ3) is 3.12. The minimum Gasteiger partial charge on any atom is -0.462 e. The molecule has 14 heavy (non-hydrogen) atoms. The lowest BCUT2D eigenvalue weighted by Crippen LogP contribution is -2.10. The molecule has 0 aromatic carbocycles. The van der Waals surface area contributed by atoms with Crippen LogP contribution < -0.4 is 0 Å². The van der Waals surface area contributed by atoms with Gasteiger partial charge >= 0.3 is 5.97 Å². The number of esters is 1. The third-order valence-electron chi connectivity index (χ3n) is 1.51. The Labute approximate surface area is 81.9 Å². The Hall–Kier alpha value is -1.45. The zero-order chi connectivity index (χ0) is 10.6. The summed E-state index contributed by atoms with van der Waals surface area (Å²) >= 11 is 0. The summed E-state index contributed by atoms with van der Waals surface area (Å²) in [5.74, 6) is -0.788. The number of ether oxygens (including phenoxy) is 1. The molecule has 76 valence electrons. The van der Waals surface area contributed by atoms with Crippen LogP contribution in [0.25, 0.3) is 0 Å². The van der Waals surface area contributed by atoms with Crippen molar-refractivity contribution < 1.29 is 13.9 Å². The molecule has 0 saturated heterocycles. The van der Waals surface area contributed by atoms with Crippen molar-refractivity contribution in [1.82, 2.24) is 4.98 Å². The van der Waals surface area contributed by atoms with Gasteiger partial charge in [-0.3, -0.25) is 0 Å². The summed E-state index contributed by atoms with van der Waals surface area (Å²) in [5, 5.41) is 0. The average Bonchev–Trinajstić information content (AvgIpc) is 2.15. The topological polar surface area (TPSA) is 39.2 Å². The van der Waals surface area contributed by atoms with Crippen LogP contribution in [0.3, 0.4) is 0 Å². The standard InChI is InChI=1S/C10H12FNO2/c1-7(2)6-14-10(13)8-3-4-9(11)12-5-8/h3-5,7H,6H2,1-2H3. The van der Waals surface area contributed by atoms with Gasteiger partial charge in [0.2, 0.25) is 5.95 Å². The zero-order valence-electron chi connectivity index (χ0n) is 8.16. The van der Waals surface area contributed by atoms with Gasteiger partial charge in [-0.15, -0.1) is 0 Å². The van der Waals surface area contributed by atoms with E-state index in [4.69, 9.17) is 4.74 Å². The molecule has 0 atom stereocenters. The number of pyridine rings is 1. The molecule has 0 unspecified atom stereocenters. The number of hydrogen-bond donors (Lipinski definition) is 0. The molecule has 0 spiro atoms. The van der Waals surface area contributed by atoms with Crippen molar-refractivity contribution in [3.63, 3.8) is 0 Å². The summed E-state index contributed by atoms with van der Waals surface area (Å²) in [6, 6.07) is 2.48. The molecule has 4 heteroatoms. The molecule has 1 aromatic rings. The van der Waals surface area contributed by atoms with E-state index in [-0.39, 0.29) is 11.5 Å². The number of aromatic nitrogens is 1. The van der Waals surface area contributed by atoms with Crippen molar-refractivity contribution in [1.29, 1.82) is 0 Å². The lowest BCUT2D eigenvalue weighted by Gasteiger charge is -2.06. The SMILES string of the molecule is CC(C)COC(=O)c1ccc(F)nc1. The smallest absolute Gasteiger partial charge is 0.339 e. The first kappa shape index (κ1) is 10.6. The molecule has 0 aliphatic rings. The molecule has 0 radical (unpaired) electrons. The molecule has 1 aromatic heterocycles. The van der Waals surface area contributed by atoms with E-state index in [2.05, 4.69) is 4.98 Å². The minimum atomic E-state index is -0.606. The van der Waals surface area contributed by atoms with Crippen LogP contribution in [-0.2, 0) is 4.74 Å². The highest BCUT2D eigenvalue weighted by molar-refractivity contribution is 5.88. The van der Waals surface area contributed by atoms with E-state index >= 15 is 0 Å². The number of rotatable bonds is 3. The molecule has 0 aliphatic carbocycles. The highest BCUT2D eigenvalue weighted by Gasteiger charge is 2.08. The quantitative estimate of drug-likeness (QED) is 0.549. The van der Waals surface area contributed by atoms with Gasteiger partial charge in [-0.1, -0.05) is 13.8 Å². The maximum Gasteiger partial charge on any atom is 0.339 e. The Morgan fingerprint density at radius 2 is 2.29 bits per heavy atom. The van der Waals surface area contributed by atoms with Gasteiger partial charge in [0.25, 0.3) is 0 Å². The Morgan fingerprint density at radius 3 is 2.79 bits per heavy atom. The second-order valence-corrected chi connectivity index (χ2v) is 3.36. The van der Waals surface area contributed by atoms with Crippen LogP contribution >= 0.6 is 0 Å². The molecule has 1 rings (SSSR count). The van der Waals surface area contributed by atoms with Gasteiger partial charge < -0.3 is 4.74 Å². The van der Waals surface area contributed by atoms with E-state index in [0.717, 1.165) is 12.3 Å². The summed E-state index contributed by atoms with van der Waals surface area (Å²) in [6.45, 7) is 4.24. The minimum absolute atomic E-state index is 0.270. The molecule has 1 heterocycles. The first-order valence-electron chi connectivity index (χ1n) is 4.38. The Bertz CT molecular complexity index is 308. The molecular formula is C10H12FNO2. The van der Waals surface area contributed by atoms with Gasteiger partial charge in [0.1, 0.15) is 0 Å². The van der Waals surface area contributed by atoms with Crippen molar-refractivity contribution >= 4 is 5.97 Å². The normalized spacial score (nSPS) is 10.3. The molecule has 0 amide bonds. The van der Waals surface area contributed by atoms with Crippen LogP contribution in [0, 0.1) is 11.9 Å². The number of hydrogen-bond acceptors (Lipinski definition) is 3. The summed E-state index contributed by atoms with van der Waals surface area (Å²) in [5.41, 5.74) is 0.270. The molecule has 0 aliphatic heterocycles. The second kappa shape index (κ2) is 4.69. The second-order valence-electron chi connectivity index (χ2n) is 3.36. The van der Waals surface area contributed by atoms with E-state index in [1.165, 1.54) is 6.07 Å². The van der Waals surface area contributed by atoms with E-state index in [1.54, 1.807) is 0 Å². The van der Waals surface area contributed by atoms with Crippen LogP contribution in [0.5, 0.6) is 0 Å². The van der Waals surface area contributed by atoms with Crippen LogP contribution in [0.4, 0.5) is 4.39 Å². The first-order chi connectivity index (χ1) is 6.59. The van der Waals surface area contributed by atoms with E-state index in [9.17, 15) is 9.18 Å². The monoisotopic (exact) mass is 197 g/mol. The van der Waals surface area contributed by atoms with Crippen molar-refractivity contribution in [2.24, 2.45) is 5.92 Å². The predicted octanol–water partition coefficient (Wildman–Crippen LogP) is 2.03. The van der Waals surface area contributed by atoms with Crippen molar-refractivity contribution in [2.45, 2.75) is 13.8 Å². The highest BCUT2D eigenvalue weighted by atomic mass is 19.1. The van der Waals surface area contributed by atoms with Gasteiger partial charge in [0.15, 0.2) is 0 Å². The fourth-order valence-corrected chi connectivity index (χ4v) is 0.822. The molecular weight excluding hydrogens is 185 g/mol. The first-order valence-corrected chi connectivity index (χ1v) is 4.38. The van der Waals surface area contributed by atoms with Gasteiger partial charge in [0, 0.05) is 6.20 Å². The van der Waals surface area contributed by atoms with Crippen LogP contribution in [-0.4, -0.2) is 17.6 Å². The summed E-state index contributed by atoms with van der Waals surface area (Å²) in [6.07, 6.45) is 1.16. The summed E-state index contributed by atoms with van der Waals surface area (Å²) < 4.78 is 17.3. The number of halogens is 1. The van der Waals surface area contributed by atoms with Crippen molar-refractivity contribution in [2.75, 3.05) is 6.61 Å². The van der Waals surface area contributed by atoms with Gasteiger partial charge in [-0.25, -0.2) is 9.78 Å². The lowest BCUT2D eigenvalue weighted by atomic mass is 10.2. The number of nitrogens with zero attached hydrogens (tertiary/aromatic N) is 1. The zero-order valence-corrected chi connectivity index (χ0v) is 8.16. The summed E-state index contributed by atoms with van der Waals surface area (Å²) in [7, 11) is 0. The Morgan fingerprint density at radius 1 is 1.57 bits per heavy atom. The van der Waals surface area contributed by atoms with Gasteiger partial charge in [-0.2, -0.15) is 4.39 Å². The maximum absolute atomic E-state index is 12.4. The van der Waals surface area contributed by atoms with Crippen LogP contribution in [0.1, 0.15) is 24.2 Å². The fourth-order valence-electron chi connectivity index (χ4n) is 0.822. The molecule has 3 nitrogen and oxygen atoms in total. The average molecular weight is 197 g/mol. The van der Waals surface area contributed by atoms with Crippen LogP contribution in [0.15, 0.2) is 18.3 Å². The number of carbonyl (C=O) groups excluding carboxylic acids is 1. The highest BCUT2D eigenvalue weighted by Crippen LogP contribution is 2.03. The summed E-state index contributed by atoms with van der Waals surface area (Å²) in [4.78, 5) is 14.6. The predicted molar refractivity (Wildman–Crippen MR) is 49.3 cm³/mol. The Kier molecular flexibility index (Phi) is 3.56. The molecule has 0 N–H and O–H groups in total. The van der Waals surface area contributed by atoms with E-state index < -0.39 is 11.9 Å². The number of carbonyl (C=O) groups is 1.